The molecule has 0 atom stereocenters. The largest absolute Gasteiger partial charge is 0.299 e. The zero-order valence-electron chi connectivity index (χ0n) is 10.8. The molecule has 1 heteroatoms. The van der Waals surface area contributed by atoms with Gasteiger partial charge < -0.3 is 0 Å². The lowest BCUT2D eigenvalue weighted by molar-refractivity contribution is -0.118. The van der Waals surface area contributed by atoms with E-state index in [1.807, 2.05) is 0 Å². The molecule has 0 bridgehead atoms. The van der Waals surface area contributed by atoms with Crippen LogP contribution in [-0.2, 0) is 4.79 Å². The van der Waals surface area contributed by atoms with E-state index in [9.17, 15) is 4.79 Å². The van der Waals surface area contributed by atoms with Crippen LogP contribution in [0.1, 0.15) is 77.6 Å². The van der Waals surface area contributed by atoms with Crippen LogP contribution >= 0.6 is 0 Å². The van der Waals surface area contributed by atoms with Crippen LogP contribution in [0.3, 0.4) is 0 Å². The van der Waals surface area contributed by atoms with Gasteiger partial charge in [0.2, 0.25) is 0 Å². The van der Waals surface area contributed by atoms with Gasteiger partial charge in [-0.2, -0.15) is 0 Å². The molecule has 0 aromatic carbocycles. The summed E-state index contributed by atoms with van der Waals surface area (Å²) in [5, 5.41) is 0. The summed E-state index contributed by atoms with van der Waals surface area (Å²) in [7, 11) is 0. The summed E-state index contributed by atoms with van der Waals surface area (Å²) in [6, 6.07) is 0. The molecule has 92 valence electrons. The summed E-state index contributed by atoms with van der Waals surface area (Å²) in [5.41, 5.74) is 0. The second kappa shape index (κ2) is 12.3. The van der Waals surface area contributed by atoms with E-state index in [0.29, 0.717) is 12.8 Å². The van der Waals surface area contributed by atoms with Gasteiger partial charge in [-0.1, -0.05) is 64.2 Å². The van der Waals surface area contributed by atoms with Crippen LogP contribution in [0, 0.1) is 12.3 Å². The fourth-order valence-electron chi connectivity index (χ4n) is 1.84. The number of rotatable bonds is 11. The van der Waals surface area contributed by atoms with Crippen molar-refractivity contribution in [2.24, 2.45) is 0 Å². The van der Waals surface area contributed by atoms with E-state index in [2.05, 4.69) is 12.8 Å². The van der Waals surface area contributed by atoms with E-state index >= 15 is 0 Å². The van der Waals surface area contributed by atoms with Crippen LogP contribution in [0.25, 0.3) is 0 Å². The lowest BCUT2D eigenvalue weighted by atomic mass is 10.0. The van der Waals surface area contributed by atoms with Crippen LogP contribution in [0.15, 0.2) is 0 Å². The van der Waals surface area contributed by atoms with Crippen molar-refractivity contribution < 1.29 is 4.79 Å². The molecule has 0 unspecified atom stereocenters. The van der Waals surface area contributed by atoms with Gasteiger partial charge >= 0.3 is 0 Å². The highest BCUT2D eigenvalue weighted by Gasteiger charge is 1.98. The topological polar surface area (TPSA) is 17.1 Å². The molecule has 0 saturated carbocycles. The summed E-state index contributed by atoms with van der Waals surface area (Å²) in [5.74, 6) is 2.63. The second-order valence-electron chi connectivity index (χ2n) is 4.50. The standard InChI is InChI=1S/C15H26O/c1-3-5-6-7-8-9-10-11-12-14-15(16)13-4-2/h2H,3,5-14H2,1H3. The van der Waals surface area contributed by atoms with Crippen molar-refractivity contribution in [2.75, 3.05) is 0 Å². The Hall–Kier alpha value is -0.770. The number of Topliss-reactive ketones (excluding diaryl/α,β-unsaturated/α-hetero) is 1. The van der Waals surface area contributed by atoms with Crippen LogP contribution in [0.4, 0.5) is 0 Å². The fraction of sp³-hybridized carbons (Fsp3) is 0.800. The Balaban J connectivity index is 3.04. The zero-order chi connectivity index (χ0) is 12.1. The highest BCUT2D eigenvalue weighted by atomic mass is 16.1. The van der Waals surface area contributed by atoms with Gasteiger partial charge in [-0.3, -0.25) is 4.79 Å². The van der Waals surface area contributed by atoms with Crippen molar-refractivity contribution in [1.82, 2.24) is 0 Å². The van der Waals surface area contributed by atoms with E-state index in [1.165, 1.54) is 51.4 Å². The first kappa shape index (κ1) is 15.2. The molecule has 0 aliphatic heterocycles. The van der Waals surface area contributed by atoms with Crippen molar-refractivity contribution in [2.45, 2.75) is 77.6 Å². The Labute approximate surface area is 101 Å². The molecular formula is C15H26O. The maximum absolute atomic E-state index is 11.1. The highest BCUT2D eigenvalue weighted by molar-refractivity contribution is 5.80. The Kier molecular flexibility index (Phi) is 11.7. The molecule has 1 nitrogen and oxygen atoms in total. The number of hydrogen-bond donors (Lipinski definition) is 0. The minimum atomic E-state index is 0.227. The lowest BCUT2D eigenvalue weighted by Crippen LogP contribution is -1.95. The monoisotopic (exact) mass is 222 g/mol. The number of terminal acetylenes is 1. The molecule has 0 aliphatic rings. The first-order valence-electron chi connectivity index (χ1n) is 6.76. The molecule has 0 rings (SSSR count). The van der Waals surface area contributed by atoms with E-state index in [1.54, 1.807) is 0 Å². The Morgan fingerprint density at radius 2 is 1.44 bits per heavy atom. The van der Waals surface area contributed by atoms with Gasteiger partial charge in [0, 0.05) is 6.42 Å². The highest BCUT2D eigenvalue weighted by Crippen LogP contribution is 2.10. The van der Waals surface area contributed by atoms with Gasteiger partial charge in [-0.05, 0) is 6.42 Å². The molecule has 0 aromatic rings. The third-order valence-electron chi connectivity index (χ3n) is 2.86. The number of hydrogen-bond acceptors (Lipinski definition) is 1. The van der Waals surface area contributed by atoms with E-state index < -0.39 is 0 Å². The summed E-state index contributed by atoms with van der Waals surface area (Å²) in [6.07, 6.45) is 17.7. The normalized spacial score (nSPS) is 10.0. The number of ketones is 1. The molecule has 0 amide bonds. The van der Waals surface area contributed by atoms with Crippen LogP contribution < -0.4 is 0 Å². The molecule has 0 heterocycles. The number of unbranched alkanes of at least 4 members (excludes halogenated alkanes) is 8. The van der Waals surface area contributed by atoms with E-state index in [-0.39, 0.29) is 5.78 Å². The lowest BCUT2D eigenvalue weighted by Gasteiger charge is -2.01. The Morgan fingerprint density at radius 1 is 0.938 bits per heavy atom. The first-order chi connectivity index (χ1) is 7.81. The Bertz CT molecular complexity index is 200. The quantitative estimate of drug-likeness (QED) is 0.371. The van der Waals surface area contributed by atoms with Crippen molar-refractivity contribution in [3.63, 3.8) is 0 Å². The SMILES string of the molecule is C#CCC(=O)CCCCCCCCCCC. The van der Waals surface area contributed by atoms with Gasteiger partial charge in [0.05, 0.1) is 6.42 Å². The van der Waals surface area contributed by atoms with Crippen LogP contribution in [-0.4, -0.2) is 5.78 Å². The van der Waals surface area contributed by atoms with Gasteiger partial charge in [0.25, 0.3) is 0 Å². The van der Waals surface area contributed by atoms with Gasteiger partial charge in [-0.25, -0.2) is 0 Å². The van der Waals surface area contributed by atoms with Gasteiger partial charge in [0.1, 0.15) is 5.78 Å². The predicted molar refractivity (Wildman–Crippen MR) is 70.3 cm³/mol. The third kappa shape index (κ3) is 11.3. The van der Waals surface area contributed by atoms with Crippen molar-refractivity contribution >= 4 is 5.78 Å². The van der Waals surface area contributed by atoms with E-state index in [0.717, 1.165) is 6.42 Å². The third-order valence-corrected chi connectivity index (χ3v) is 2.86. The zero-order valence-corrected chi connectivity index (χ0v) is 10.8. The molecule has 0 saturated heterocycles. The second-order valence-corrected chi connectivity index (χ2v) is 4.50. The smallest absolute Gasteiger partial charge is 0.144 e. The van der Waals surface area contributed by atoms with Gasteiger partial charge in [0.15, 0.2) is 0 Å². The summed E-state index contributed by atoms with van der Waals surface area (Å²) < 4.78 is 0. The molecule has 16 heavy (non-hydrogen) atoms. The van der Waals surface area contributed by atoms with Gasteiger partial charge in [-0.15, -0.1) is 6.42 Å². The first-order valence-corrected chi connectivity index (χ1v) is 6.76. The predicted octanol–water partition coefficient (Wildman–Crippen LogP) is 4.50. The molecule has 0 N–H and O–H groups in total. The minimum Gasteiger partial charge on any atom is -0.299 e. The molecule has 0 aliphatic carbocycles. The minimum absolute atomic E-state index is 0.227. The number of carbonyl (C=O) groups excluding carboxylic acids is 1. The molecule has 0 fully saturated rings. The van der Waals surface area contributed by atoms with Crippen molar-refractivity contribution in [3.8, 4) is 12.3 Å². The van der Waals surface area contributed by atoms with Crippen molar-refractivity contribution in [3.05, 3.63) is 0 Å². The summed E-state index contributed by atoms with van der Waals surface area (Å²) >= 11 is 0. The molecule has 0 spiro atoms. The summed E-state index contributed by atoms with van der Waals surface area (Å²) in [6.45, 7) is 2.24. The molecule has 0 aromatic heterocycles. The fourth-order valence-corrected chi connectivity index (χ4v) is 1.84. The summed E-state index contributed by atoms with van der Waals surface area (Å²) in [4.78, 5) is 11.1. The maximum atomic E-state index is 11.1. The van der Waals surface area contributed by atoms with Crippen LogP contribution in [0.2, 0.25) is 0 Å². The average Bonchev–Trinajstić information content (AvgIpc) is 2.27. The average molecular weight is 222 g/mol. The Morgan fingerprint density at radius 3 is 1.94 bits per heavy atom. The molecular weight excluding hydrogens is 196 g/mol. The van der Waals surface area contributed by atoms with Crippen LogP contribution in [0.5, 0.6) is 0 Å². The maximum Gasteiger partial charge on any atom is 0.144 e. The van der Waals surface area contributed by atoms with Crippen molar-refractivity contribution in [1.29, 1.82) is 0 Å². The molecule has 0 radical (unpaired) electrons. The number of carbonyl (C=O) groups is 1. The van der Waals surface area contributed by atoms with E-state index in [4.69, 9.17) is 6.42 Å².